The van der Waals surface area contributed by atoms with Crippen molar-refractivity contribution in [2.75, 3.05) is 18.1 Å². The van der Waals surface area contributed by atoms with Gasteiger partial charge in [-0.25, -0.2) is 4.79 Å². The fraction of sp³-hybridized carbons (Fsp3) is 0.467. The first-order valence-electron chi connectivity index (χ1n) is 6.71. The Morgan fingerprint density at radius 1 is 1.29 bits per heavy atom. The number of rotatable bonds is 5. The maximum atomic E-state index is 11.8. The van der Waals surface area contributed by atoms with Crippen molar-refractivity contribution in [1.82, 2.24) is 5.32 Å². The van der Waals surface area contributed by atoms with Crippen LogP contribution in [0.15, 0.2) is 29.2 Å². The van der Waals surface area contributed by atoms with E-state index in [0.29, 0.717) is 0 Å². The summed E-state index contributed by atoms with van der Waals surface area (Å²) in [5.74, 6) is -0.149. The monoisotopic (exact) mass is 310 g/mol. The Labute approximate surface area is 129 Å². The highest BCUT2D eigenvalue weighted by Gasteiger charge is 2.15. The molecule has 116 valence electrons. The molecule has 1 aromatic rings. The van der Waals surface area contributed by atoms with Crippen molar-refractivity contribution in [2.45, 2.75) is 37.7 Å². The van der Waals surface area contributed by atoms with E-state index < -0.39 is 11.7 Å². The summed E-state index contributed by atoms with van der Waals surface area (Å²) < 4.78 is 5.08. The third kappa shape index (κ3) is 7.60. The van der Waals surface area contributed by atoms with E-state index in [9.17, 15) is 9.59 Å². The maximum absolute atomic E-state index is 11.8. The quantitative estimate of drug-likeness (QED) is 0.819. The van der Waals surface area contributed by atoms with E-state index in [2.05, 4.69) is 10.6 Å². The molecule has 0 heterocycles. The van der Waals surface area contributed by atoms with E-state index in [-0.39, 0.29) is 18.9 Å². The SMILES string of the molecule is CSc1cccc(NC(=O)CCNC(=O)OC(C)(C)C)c1. The van der Waals surface area contributed by atoms with Crippen LogP contribution in [0.2, 0.25) is 0 Å². The normalized spacial score (nSPS) is 10.9. The number of hydrogen-bond donors (Lipinski definition) is 2. The largest absolute Gasteiger partial charge is 0.444 e. The molecular formula is C15H22N2O3S. The van der Waals surface area contributed by atoms with E-state index in [1.807, 2.05) is 30.5 Å². The summed E-state index contributed by atoms with van der Waals surface area (Å²) in [6.45, 7) is 5.61. The molecule has 2 amide bonds. The minimum Gasteiger partial charge on any atom is -0.444 e. The van der Waals surface area contributed by atoms with Gasteiger partial charge in [-0.3, -0.25) is 4.79 Å². The van der Waals surface area contributed by atoms with Gasteiger partial charge in [-0.05, 0) is 45.2 Å². The predicted molar refractivity (Wildman–Crippen MR) is 85.7 cm³/mol. The van der Waals surface area contributed by atoms with E-state index in [1.54, 1.807) is 32.5 Å². The molecule has 0 radical (unpaired) electrons. The van der Waals surface area contributed by atoms with Gasteiger partial charge in [0.05, 0.1) is 0 Å². The molecule has 0 spiro atoms. The fourth-order valence-corrected chi connectivity index (χ4v) is 1.98. The first-order chi connectivity index (χ1) is 9.80. The highest BCUT2D eigenvalue weighted by molar-refractivity contribution is 7.98. The van der Waals surface area contributed by atoms with Gasteiger partial charge in [0.1, 0.15) is 5.60 Å². The molecule has 0 bridgehead atoms. The first-order valence-corrected chi connectivity index (χ1v) is 7.93. The molecular weight excluding hydrogens is 288 g/mol. The molecule has 0 aliphatic heterocycles. The molecule has 0 aliphatic rings. The Morgan fingerprint density at radius 3 is 2.62 bits per heavy atom. The molecule has 1 rings (SSSR count). The van der Waals surface area contributed by atoms with Gasteiger partial charge < -0.3 is 15.4 Å². The van der Waals surface area contributed by atoms with Crippen molar-refractivity contribution in [3.8, 4) is 0 Å². The Hall–Kier alpha value is -1.69. The number of anilines is 1. The number of alkyl carbamates (subject to hydrolysis) is 1. The first kappa shape index (κ1) is 17.4. The summed E-state index contributed by atoms with van der Waals surface area (Å²) in [6.07, 6.45) is 1.66. The molecule has 0 saturated heterocycles. The van der Waals surface area contributed by atoms with Crippen LogP contribution in [0.1, 0.15) is 27.2 Å². The van der Waals surface area contributed by atoms with E-state index >= 15 is 0 Å². The summed E-state index contributed by atoms with van der Waals surface area (Å²) >= 11 is 1.61. The molecule has 0 aromatic heterocycles. The standard InChI is InChI=1S/C15H22N2O3S/c1-15(2,3)20-14(19)16-9-8-13(18)17-11-6-5-7-12(10-11)21-4/h5-7,10H,8-9H2,1-4H3,(H,16,19)(H,17,18). The summed E-state index contributed by atoms with van der Waals surface area (Å²) in [7, 11) is 0. The van der Waals surface area contributed by atoms with Gasteiger partial charge in [0.2, 0.25) is 5.91 Å². The number of thioether (sulfide) groups is 1. The summed E-state index contributed by atoms with van der Waals surface area (Å²) in [5.41, 5.74) is 0.217. The molecule has 0 aliphatic carbocycles. The maximum Gasteiger partial charge on any atom is 0.407 e. The Kier molecular flexibility index (Phi) is 6.55. The highest BCUT2D eigenvalue weighted by atomic mass is 32.2. The third-order valence-corrected chi connectivity index (χ3v) is 3.10. The lowest BCUT2D eigenvalue weighted by molar-refractivity contribution is -0.116. The van der Waals surface area contributed by atoms with Gasteiger partial charge in [0.25, 0.3) is 0 Å². The van der Waals surface area contributed by atoms with Crippen molar-refractivity contribution in [3.05, 3.63) is 24.3 Å². The van der Waals surface area contributed by atoms with Crippen LogP contribution in [0.5, 0.6) is 0 Å². The molecule has 0 unspecified atom stereocenters. The average molecular weight is 310 g/mol. The average Bonchev–Trinajstić information content (AvgIpc) is 2.36. The van der Waals surface area contributed by atoms with Crippen LogP contribution < -0.4 is 10.6 Å². The summed E-state index contributed by atoms with van der Waals surface area (Å²) in [4.78, 5) is 24.3. The smallest absolute Gasteiger partial charge is 0.407 e. The second-order valence-electron chi connectivity index (χ2n) is 5.46. The van der Waals surface area contributed by atoms with Crippen molar-refractivity contribution in [3.63, 3.8) is 0 Å². The molecule has 6 heteroatoms. The number of ether oxygens (including phenoxy) is 1. The second kappa shape index (κ2) is 7.93. The Bertz CT molecular complexity index is 498. The van der Waals surface area contributed by atoms with E-state index in [4.69, 9.17) is 4.74 Å². The van der Waals surface area contributed by atoms with Crippen LogP contribution in [0.25, 0.3) is 0 Å². The molecule has 21 heavy (non-hydrogen) atoms. The number of hydrogen-bond acceptors (Lipinski definition) is 4. The van der Waals surface area contributed by atoms with Gasteiger partial charge in [0.15, 0.2) is 0 Å². The molecule has 0 fully saturated rings. The summed E-state index contributed by atoms with van der Waals surface area (Å²) in [6, 6.07) is 7.60. The Morgan fingerprint density at radius 2 is 2.00 bits per heavy atom. The minimum absolute atomic E-state index is 0.149. The van der Waals surface area contributed by atoms with Crippen LogP contribution in [-0.2, 0) is 9.53 Å². The molecule has 0 saturated carbocycles. The highest BCUT2D eigenvalue weighted by Crippen LogP contribution is 2.18. The molecule has 2 N–H and O–H groups in total. The number of carbonyl (C=O) groups is 2. The molecule has 0 atom stereocenters. The van der Waals surface area contributed by atoms with E-state index in [1.165, 1.54) is 0 Å². The van der Waals surface area contributed by atoms with Crippen molar-refractivity contribution in [1.29, 1.82) is 0 Å². The van der Waals surface area contributed by atoms with Crippen LogP contribution in [0.4, 0.5) is 10.5 Å². The minimum atomic E-state index is -0.537. The Balaban J connectivity index is 2.32. The van der Waals surface area contributed by atoms with Crippen LogP contribution in [0, 0.1) is 0 Å². The van der Waals surface area contributed by atoms with Crippen molar-refractivity contribution in [2.24, 2.45) is 0 Å². The molecule has 1 aromatic carbocycles. The van der Waals surface area contributed by atoms with Gasteiger partial charge in [-0.1, -0.05) is 6.07 Å². The topological polar surface area (TPSA) is 67.4 Å². The van der Waals surface area contributed by atoms with Gasteiger partial charge in [-0.2, -0.15) is 0 Å². The lowest BCUT2D eigenvalue weighted by atomic mass is 10.2. The van der Waals surface area contributed by atoms with E-state index in [0.717, 1.165) is 10.6 Å². The van der Waals surface area contributed by atoms with Gasteiger partial charge >= 0.3 is 6.09 Å². The number of amides is 2. The summed E-state index contributed by atoms with van der Waals surface area (Å²) in [5, 5.41) is 5.35. The molecule has 5 nitrogen and oxygen atoms in total. The zero-order chi connectivity index (χ0) is 15.9. The fourth-order valence-electron chi connectivity index (χ4n) is 1.52. The van der Waals surface area contributed by atoms with Crippen LogP contribution in [-0.4, -0.2) is 30.4 Å². The van der Waals surface area contributed by atoms with Crippen LogP contribution in [0.3, 0.4) is 0 Å². The zero-order valence-electron chi connectivity index (χ0n) is 12.9. The van der Waals surface area contributed by atoms with Crippen LogP contribution >= 0.6 is 11.8 Å². The second-order valence-corrected chi connectivity index (χ2v) is 6.34. The van der Waals surface area contributed by atoms with Crippen molar-refractivity contribution >= 4 is 29.4 Å². The number of nitrogens with one attached hydrogen (secondary N) is 2. The third-order valence-electron chi connectivity index (χ3n) is 2.37. The predicted octanol–water partition coefficient (Wildman–Crippen LogP) is 3.26. The lowest BCUT2D eigenvalue weighted by Crippen LogP contribution is -2.34. The zero-order valence-corrected chi connectivity index (χ0v) is 13.7. The van der Waals surface area contributed by atoms with Gasteiger partial charge in [0, 0.05) is 23.5 Å². The number of carbonyl (C=O) groups excluding carboxylic acids is 2. The van der Waals surface area contributed by atoms with Crippen molar-refractivity contribution < 1.29 is 14.3 Å². The van der Waals surface area contributed by atoms with Gasteiger partial charge in [-0.15, -0.1) is 11.8 Å². The number of benzene rings is 1. The lowest BCUT2D eigenvalue weighted by Gasteiger charge is -2.19.